The van der Waals surface area contributed by atoms with Crippen LogP contribution in [-0.4, -0.2) is 18.4 Å². The number of nitrogens with two attached hydrogens (primary N) is 1. The molecule has 0 aliphatic heterocycles. The van der Waals surface area contributed by atoms with Crippen molar-refractivity contribution in [2.24, 2.45) is 5.73 Å². The largest absolute Gasteiger partial charge is 0.326 e. The van der Waals surface area contributed by atoms with Crippen LogP contribution in [0.2, 0.25) is 0 Å². The predicted molar refractivity (Wildman–Crippen MR) is 79.9 cm³/mol. The van der Waals surface area contributed by atoms with E-state index in [1.807, 2.05) is 6.92 Å². The summed E-state index contributed by atoms with van der Waals surface area (Å²) >= 11 is 0. The van der Waals surface area contributed by atoms with Crippen molar-refractivity contribution in [3.05, 3.63) is 53.1 Å². The van der Waals surface area contributed by atoms with E-state index in [0.29, 0.717) is 18.1 Å². The molecule has 0 spiro atoms. The van der Waals surface area contributed by atoms with Crippen LogP contribution in [0.4, 0.5) is 0 Å². The van der Waals surface area contributed by atoms with E-state index in [9.17, 15) is 8.42 Å². The first-order chi connectivity index (χ1) is 9.92. The first kappa shape index (κ1) is 15.6. The molecular formula is C14H18N4O2S. The Hall–Kier alpha value is -1.83. The van der Waals surface area contributed by atoms with Crippen LogP contribution in [-0.2, 0) is 23.1 Å². The van der Waals surface area contributed by atoms with Gasteiger partial charge in [0, 0.05) is 12.7 Å². The first-order valence-corrected chi connectivity index (χ1v) is 7.98. The minimum absolute atomic E-state index is 0.128. The molecule has 0 atom stereocenters. The van der Waals surface area contributed by atoms with Crippen LogP contribution in [0.15, 0.2) is 35.4 Å². The van der Waals surface area contributed by atoms with Crippen molar-refractivity contribution in [2.45, 2.75) is 31.8 Å². The number of aryl methyl sites for hydroxylation is 2. The standard InChI is InChI=1S/C14H18N4O2S/c1-10-7-14(4-3-12(10)8-15)21(19,20)17-9-13-5-6-16-11(2)18-13/h3-7,17H,8-9,15H2,1-2H3. The lowest BCUT2D eigenvalue weighted by Crippen LogP contribution is -2.24. The molecule has 1 heterocycles. The highest BCUT2D eigenvalue weighted by atomic mass is 32.2. The quantitative estimate of drug-likeness (QED) is 0.860. The molecule has 0 radical (unpaired) electrons. The average Bonchev–Trinajstić information content (AvgIpc) is 2.45. The summed E-state index contributed by atoms with van der Waals surface area (Å²) in [6.45, 7) is 4.12. The summed E-state index contributed by atoms with van der Waals surface area (Å²) in [6.07, 6.45) is 1.60. The zero-order valence-corrected chi connectivity index (χ0v) is 12.8. The topological polar surface area (TPSA) is 98.0 Å². The fourth-order valence-corrected chi connectivity index (χ4v) is 3.00. The van der Waals surface area contributed by atoms with E-state index in [1.165, 1.54) is 0 Å². The summed E-state index contributed by atoms with van der Waals surface area (Å²) in [5.74, 6) is 0.606. The second-order valence-electron chi connectivity index (χ2n) is 4.71. The van der Waals surface area contributed by atoms with Crippen molar-refractivity contribution < 1.29 is 8.42 Å². The maximum atomic E-state index is 12.3. The van der Waals surface area contributed by atoms with E-state index in [2.05, 4.69) is 14.7 Å². The minimum atomic E-state index is -3.57. The maximum Gasteiger partial charge on any atom is 0.240 e. The molecule has 6 nitrogen and oxygen atoms in total. The van der Waals surface area contributed by atoms with Crippen molar-refractivity contribution in [1.82, 2.24) is 14.7 Å². The molecule has 2 rings (SSSR count). The molecule has 1 aromatic heterocycles. The van der Waals surface area contributed by atoms with Crippen molar-refractivity contribution in [3.63, 3.8) is 0 Å². The average molecular weight is 306 g/mol. The van der Waals surface area contributed by atoms with E-state index < -0.39 is 10.0 Å². The van der Waals surface area contributed by atoms with Gasteiger partial charge in [-0.3, -0.25) is 0 Å². The predicted octanol–water partition coefficient (Wildman–Crippen LogP) is 1.03. The third-order valence-electron chi connectivity index (χ3n) is 3.12. The van der Waals surface area contributed by atoms with Gasteiger partial charge in [0.25, 0.3) is 0 Å². The molecule has 1 aromatic carbocycles. The van der Waals surface area contributed by atoms with Crippen LogP contribution >= 0.6 is 0 Å². The number of benzene rings is 1. The molecule has 0 unspecified atom stereocenters. The van der Waals surface area contributed by atoms with Gasteiger partial charge >= 0.3 is 0 Å². The van der Waals surface area contributed by atoms with Gasteiger partial charge in [-0.05, 0) is 43.2 Å². The Balaban J connectivity index is 2.17. The first-order valence-electron chi connectivity index (χ1n) is 6.50. The Labute approximate surface area is 124 Å². The van der Waals surface area contributed by atoms with E-state index in [1.54, 1.807) is 37.4 Å². The Kier molecular flexibility index (Phi) is 4.66. The molecule has 0 aliphatic rings. The minimum Gasteiger partial charge on any atom is -0.326 e. The van der Waals surface area contributed by atoms with Crippen LogP contribution in [0.3, 0.4) is 0 Å². The molecule has 112 valence electrons. The Morgan fingerprint density at radius 3 is 2.62 bits per heavy atom. The lowest BCUT2D eigenvalue weighted by molar-refractivity contribution is 0.580. The highest BCUT2D eigenvalue weighted by molar-refractivity contribution is 7.89. The molecule has 21 heavy (non-hydrogen) atoms. The fraction of sp³-hybridized carbons (Fsp3) is 0.286. The number of nitrogens with one attached hydrogen (secondary N) is 1. The van der Waals surface area contributed by atoms with Gasteiger partial charge in [-0.25, -0.2) is 23.1 Å². The van der Waals surface area contributed by atoms with Crippen LogP contribution in [0.25, 0.3) is 0 Å². The molecule has 3 N–H and O–H groups in total. The van der Waals surface area contributed by atoms with E-state index in [4.69, 9.17) is 5.73 Å². The van der Waals surface area contributed by atoms with Crippen molar-refractivity contribution in [3.8, 4) is 0 Å². The summed E-state index contributed by atoms with van der Waals surface area (Å²) in [5.41, 5.74) is 8.00. The van der Waals surface area contributed by atoms with E-state index in [-0.39, 0.29) is 11.4 Å². The summed E-state index contributed by atoms with van der Waals surface area (Å²) in [4.78, 5) is 8.36. The van der Waals surface area contributed by atoms with Gasteiger partial charge in [-0.2, -0.15) is 0 Å². The van der Waals surface area contributed by atoms with Gasteiger partial charge in [0.15, 0.2) is 0 Å². The molecule has 0 aliphatic carbocycles. The summed E-state index contributed by atoms with van der Waals surface area (Å²) in [7, 11) is -3.57. The highest BCUT2D eigenvalue weighted by Gasteiger charge is 2.15. The Morgan fingerprint density at radius 2 is 2.00 bits per heavy atom. The monoisotopic (exact) mass is 306 g/mol. The fourth-order valence-electron chi connectivity index (χ4n) is 1.92. The molecular weight excluding hydrogens is 288 g/mol. The number of nitrogens with zero attached hydrogens (tertiary/aromatic N) is 2. The number of aromatic nitrogens is 2. The SMILES string of the molecule is Cc1nccc(CNS(=O)(=O)c2ccc(CN)c(C)c2)n1. The van der Waals surface area contributed by atoms with Crippen molar-refractivity contribution >= 4 is 10.0 Å². The molecule has 0 bridgehead atoms. The van der Waals surface area contributed by atoms with Crippen LogP contribution in [0.5, 0.6) is 0 Å². The highest BCUT2D eigenvalue weighted by Crippen LogP contribution is 2.15. The molecule has 0 saturated carbocycles. The summed E-state index contributed by atoms with van der Waals surface area (Å²) in [6, 6.07) is 6.59. The lowest BCUT2D eigenvalue weighted by Gasteiger charge is -2.09. The normalized spacial score (nSPS) is 11.6. The zero-order valence-electron chi connectivity index (χ0n) is 12.0. The van der Waals surface area contributed by atoms with E-state index in [0.717, 1.165) is 11.1 Å². The third-order valence-corrected chi connectivity index (χ3v) is 4.52. The molecule has 2 aromatic rings. The number of sulfonamides is 1. The second-order valence-corrected chi connectivity index (χ2v) is 6.48. The van der Waals surface area contributed by atoms with Gasteiger partial charge in [0.1, 0.15) is 5.82 Å². The van der Waals surface area contributed by atoms with Gasteiger partial charge in [-0.1, -0.05) is 6.07 Å². The maximum absolute atomic E-state index is 12.3. The lowest BCUT2D eigenvalue weighted by atomic mass is 10.1. The smallest absolute Gasteiger partial charge is 0.240 e. The zero-order chi connectivity index (χ0) is 15.5. The summed E-state index contributed by atoms with van der Waals surface area (Å²) < 4.78 is 27.0. The van der Waals surface area contributed by atoms with Crippen LogP contribution < -0.4 is 10.5 Å². The Bertz CT molecular complexity index is 744. The van der Waals surface area contributed by atoms with Crippen LogP contribution in [0.1, 0.15) is 22.6 Å². The summed E-state index contributed by atoms with van der Waals surface area (Å²) in [5, 5.41) is 0. The third kappa shape index (κ3) is 3.84. The van der Waals surface area contributed by atoms with Gasteiger partial charge in [0.2, 0.25) is 10.0 Å². The second kappa shape index (κ2) is 6.30. The number of rotatable bonds is 5. The Morgan fingerprint density at radius 1 is 1.24 bits per heavy atom. The van der Waals surface area contributed by atoms with E-state index >= 15 is 0 Å². The van der Waals surface area contributed by atoms with Gasteiger partial charge in [-0.15, -0.1) is 0 Å². The molecule has 0 amide bonds. The van der Waals surface area contributed by atoms with Gasteiger partial charge in [0.05, 0.1) is 17.1 Å². The van der Waals surface area contributed by atoms with Crippen molar-refractivity contribution in [2.75, 3.05) is 0 Å². The van der Waals surface area contributed by atoms with Gasteiger partial charge < -0.3 is 5.73 Å². The van der Waals surface area contributed by atoms with Crippen LogP contribution in [0, 0.1) is 13.8 Å². The number of hydrogen-bond donors (Lipinski definition) is 2. The van der Waals surface area contributed by atoms with Crippen molar-refractivity contribution in [1.29, 1.82) is 0 Å². The molecule has 0 saturated heterocycles. The molecule has 7 heteroatoms. The molecule has 0 fully saturated rings. The number of hydrogen-bond acceptors (Lipinski definition) is 5.